The van der Waals surface area contributed by atoms with Gasteiger partial charge in [-0.3, -0.25) is 4.79 Å². The highest BCUT2D eigenvalue weighted by atomic mass is 35.5. The van der Waals surface area contributed by atoms with Crippen LogP contribution in [-0.4, -0.2) is 22.0 Å². The quantitative estimate of drug-likeness (QED) is 0.580. The molecule has 0 radical (unpaired) electrons. The highest BCUT2D eigenvalue weighted by molar-refractivity contribution is 7.99. The number of thioether (sulfide) groups is 2. The third-order valence-corrected chi connectivity index (χ3v) is 5.79. The maximum Gasteiger partial charge on any atom is 0.251 e. The summed E-state index contributed by atoms with van der Waals surface area (Å²) in [6.07, 6.45) is 0. The molecule has 0 saturated carbocycles. The van der Waals surface area contributed by atoms with Gasteiger partial charge in [0.2, 0.25) is 0 Å². The lowest BCUT2D eigenvalue weighted by Crippen LogP contribution is -2.12. The van der Waals surface area contributed by atoms with E-state index in [0.717, 1.165) is 22.6 Å². The number of aromatic amines is 1. The normalized spacial score (nSPS) is 13.6. The van der Waals surface area contributed by atoms with Gasteiger partial charge in [0.25, 0.3) is 5.56 Å². The number of hydrogen-bond donors (Lipinski definition) is 1. The Bertz CT molecular complexity index is 811. The van der Waals surface area contributed by atoms with Crippen molar-refractivity contribution in [3.05, 3.63) is 50.4 Å². The molecule has 1 N–H and O–H groups in total. The fourth-order valence-electron chi connectivity index (χ4n) is 2.35. The summed E-state index contributed by atoms with van der Waals surface area (Å²) in [7, 11) is 0. The SMILES string of the molecule is CC(C)SCc1cc(=O)[nH]c(SCc2cc(Cl)c3c(c2)COCO3)n1. The Kier molecular flexibility index (Phi) is 6.33. The van der Waals surface area contributed by atoms with Crippen LogP contribution in [0, 0.1) is 0 Å². The first-order valence-electron chi connectivity index (χ1n) is 7.88. The number of hydrogen-bond acceptors (Lipinski definition) is 6. The lowest BCUT2D eigenvalue weighted by molar-refractivity contribution is -0.0163. The number of H-pyrrole nitrogens is 1. The first kappa shape index (κ1) is 18.6. The molecule has 1 aliphatic rings. The second-order valence-electron chi connectivity index (χ2n) is 5.87. The molecule has 0 bridgehead atoms. The molecule has 25 heavy (non-hydrogen) atoms. The summed E-state index contributed by atoms with van der Waals surface area (Å²) in [5.41, 5.74) is 2.66. The first-order valence-corrected chi connectivity index (χ1v) is 10.3. The molecule has 2 heterocycles. The number of nitrogens with zero attached hydrogens (tertiary/aromatic N) is 1. The average Bonchev–Trinajstić information content (AvgIpc) is 2.58. The van der Waals surface area contributed by atoms with Crippen molar-refractivity contribution in [2.24, 2.45) is 0 Å². The number of halogens is 1. The van der Waals surface area contributed by atoms with E-state index in [1.54, 1.807) is 17.8 Å². The summed E-state index contributed by atoms with van der Waals surface area (Å²) < 4.78 is 10.7. The van der Waals surface area contributed by atoms with Crippen molar-refractivity contribution in [1.82, 2.24) is 9.97 Å². The maximum absolute atomic E-state index is 11.8. The molecular weight excluding hydrogens is 380 g/mol. The molecule has 1 aromatic heterocycles. The average molecular weight is 399 g/mol. The van der Waals surface area contributed by atoms with Crippen molar-refractivity contribution in [2.75, 3.05) is 6.79 Å². The smallest absolute Gasteiger partial charge is 0.251 e. The topological polar surface area (TPSA) is 64.2 Å². The molecule has 0 amide bonds. The van der Waals surface area contributed by atoms with E-state index in [1.165, 1.54) is 11.8 Å². The van der Waals surface area contributed by atoms with E-state index in [9.17, 15) is 4.79 Å². The van der Waals surface area contributed by atoms with E-state index in [1.807, 2.05) is 12.1 Å². The third-order valence-electron chi connectivity index (χ3n) is 3.44. The number of ether oxygens (including phenoxy) is 2. The molecule has 2 aromatic rings. The molecule has 0 aliphatic carbocycles. The van der Waals surface area contributed by atoms with Gasteiger partial charge in [0.05, 0.1) is 17.3 Å². The van der Waals surface area contributed by atoms with Gasteiger partial charge >= 0.3 is 0 Å². The molecule has 134 valence electrons. The Labute approximate surface area is 159 Å². The summed E-state index contributed by atoms with van der Waals surface area (Å²) in [6, 6.07) is 5.46. The number of fused-ring (bicyclic) bond motifs is 1. The zero-order chi connectivity index (χ0) is 17.8. The Balaban J connectivity index is 1.71. The van der Waals surface area contributed by atoms with E-state index in [0.29, 0.717) is 33.5 Å². The molecule has 5 nitrogen and oxygen atoms in total. The van der Waals surface area contributed by atoms with E-state index in [-0.39, 0.29) is 12.4 Å². The third kappa shape index (κ3) is 5.17. The van der Waals surface area contributed by atoms with Crippen LogP contribution in [0.15, 0.2) is 28.2 Å². The molecule has 0 spiro atoms. The second-order valence-corrected chi connectivity index (χ2v) is 8.80. The lowest BCUT2D eigenvalue weighted by Gasteiger charge is -2.19. The van der Waals surface area contributed by atoms with E-state index in [2.05, 4.69) is 23.8 Å². The highest BCUT2D eigenvalue weighted by Gasteiger charge is 2.16. The Hall–Kier alpha value is -1.15. The summed E-state index contributed by atoms with van der Waals surface area (Å²) in [4.78, 5) is 19.2. The molecule has 0 atom stereocenters. The molecular formula is C17H19ClN2O3S2. The van der Waals surface area contributed by atoms with Crippen LogP contribution in [0.2, 0.25) is 5.02 Å². The predicted octanol–water partition coefficient (Wildman–Crippen LogP) is 4.22. The standard InChI is InChI=1S/C17H19ClN2O3S2/c1-10(2)24-8-13-5-15(21)20-17(19-13)25-7-11-3-12-6-22-9-23-16(12)14(18)4-11/h3-5,10H,6-9H2,1-2H3,(H,19,20,21). The van der Waals surface area contributed by atoms with Gasteiger partial charge in [-0.25, -0.2) is 4.98 Å². The Morgan fingerprint density at radius 1 is 1.32 bits per heavy atom. The van der Waals surface area contributed by atoms with Crippen LogP contribution in [0.3, 0.4) is 0 Å². The fraction of sp³-hybridized carbons (Fsp3) is 0.412. The minimum absolute atomic E-state index is 0.123. The van der Waals surface area contributed by atoms with Gasteiger partial charge in [0, 0.05) is 23.1 Å². The summed E-state index contributed by atoms with van der Waals surface area (Å²) >= 11 is 9.53. The molecule has 1 aliphatic heterocycles. The lowest BCUT2D eigenvalue weighted by atomic mass is 10.1. The minimum Gasteiger partial charge on any atom is -0.466 e. The van der Waals surface area contributed by atoms with Crippen LogP contribution < -0.4 is 10.3 Å². The van der Waals surface area contributed by atoms with Gasteiger partial charge in [-0.1, -0.05) is 37.2 Å². The molecule has 8 heteroatoms. The summed E-state index contributed by atoms with van der Waals surface area (Å²) in [5, 5.41) is 1.70. The summed E-state index contributed by atoms with van der Waals surface area (Å²) in [6.45, 7) is 4.97. The van der Waals surface area contributed by atoms with Crippen molar-refractivity contribution in [3.8, 4) is 5.75 Å². The number of rotatable bonds is 6. The second kappa shape index (κ2) is 8.49. The van der Waals surface area contributed by atoms with Gasteiger partial charge in [0.15, 0.2) is 11.9 Å². The number of nitrogens with one attached hydrogen (secondary N) is 1. The largest absolute Gasteiger partial charge is 0.466 e. The van der Waals surface area contributed by atoms with Crippen molar-refractivity contribution in [2.45, 2.75) is 42.4 Å². The van der Waals surface area contributed by atoms with Gasteiger partial charge in [-0.2, -0.15) is 11.8 Å². The summed E-state index contributed by atoms with van der Waals surface area (Å²) in [5.74, 6) is 2.08. The van der Waals surface area contributed by atoms with Crippen LogP contribution >= 0.6 is 35.1 Å². The van der Waals surface area contributed by atoms with Crippen LogP contribution in [0.4, 0.5) is 0 Å². The monoisotopic (exact) mass is 398 g/mol. The molecule has 0 unspecified atom stereocenters. The zero-order valence-corrected chi connectivity index (χ0v) is 16.4. The van der Waals surface area contributed by atoms with Crippen LogP contribution in [0.25, 0.3) is 0 Å². The number of aromatic nitrogens is 2. The van der Waals surface area contributed by atoms with Crippen molar-refractivity contribution in [3.63, 3.8) is 0 Å². The van der Waals surface area contributed by atoms with Crippen LogP contribution in [0.5, 0.6) is 5.75 Å². The van der Waals surface area contributed by atoms with Gasteiger partial charge < -0.3 is 14.5 Å². The molecule has 0 saturated heterocycles. The molecule has 1 aromatic carbocycles. The number of benzene rings is 1. The minimum atomic E-state index is -0.123. The predicted molar refractivity (Wildman–Crippen MR) is 103 cm³/mol. The van der Waals surface area contributed by atoms with E-state index in [4.69, 9.17) is 21.1 Å². The fourth-order valence-corrected chi connectivity index (χ4v) is 4.14. The van der Waals surface area contributed by atoms with Crippen molar-refractivity contribution >= 4 is 35.1 Å². The van der Waals surface area contributed by atoms with Crippen LogP contribution in [0.1, 0.15) is 30.7 Å². The Morgan fingerprint density at radius 2 is 2.16 bits per heavy atom. The van der Waals surface area contributed by atoms with Gasteiger partial charge in [-0.15, -0.1) is 0 Å². The van der Waals surface area contributed by atoms with Gasteiger partial charge in [-0.05, 0) is 22.9 Å². The highest BCUT2D eigenvalue weighted by Crippen LogP contribution is 2.34. The van der Waals surface area contributed by atoms with Crippen LogP contribution in [-0.2, 0) is 22.8 Å². The van der Waals surface area contributed by atoms with Crippen molar-refractivity contribution < 1.29 is 9.47 Å². The maximum atomic E-state index is 11.8. The van der Waals surface area contributed by atoms with E-state index < -0.39 is 0 Å². The van der Waals surface area contributed by atoms with Gasteiger partial charge in [0.1, 0.15) is 5.75 Å². The Morgan fingerprint density at radius 3 is 2.96 bits per heavy atom. The zero-order valence-electron chi connectivity index (χ0n) is 14.0. The molecule has 3 rings (SSSR count). The van der Waals surface area contributed by atoms with E-state index >= 15 is 0 Å². The van der Waals surface area contributed by atoms with Crippen molar-refractivity contribution in [1.29, 1.82) is 0 Å². The first-order chi connectivity index (χ1) is 12.0. The molecule has 0 fully saturated rings.